The molecule has 4 aliphatic rings. The summed E-state index contributed by atoms with van der Waals surface area (Å²) in [5.74, 6) is -1.09. The molecule has 2 aromatic carbocycles. The highest BCUT2D eigenvalue weighted by atomic mass is 35.5. The van der Waals surface area contributed by atoms with Crippen molar-refractivity contribution in [2.24, 2.45) is 0 Å². The second kappa shape index (κ2) is 12.2. The van der Waals surface area contributed by atoms with Crippen molar-refractivity contribution in [2.45, 2.75) is 62.8 Å². The van der Waals surface area contributed by atoms with Crippen LogP contribution in [0, 0.1) is 11.3 Å². The van der Waals surface area contributed by atoms with Gasteiger partial charge in [-0.05, 0) is 36.3 Å². The van der Waals surface area contributed by atoms with Crippen LogP contribution in [-0.2, 0) is 27.4 Å². The molecule has 2 unspecified atom stereocenters. The van der Waals surface area contributed by atoms with Crippen LogP contribution in [0.2, 0.25) is 5.02 Å². The maximum absolute atomic E-state index is 13.9. The molecule has 5 heterocycles. The lowest BCUT2D eigenvalue weighted by Gasteiger charge is -2.42. The number of hydrogen-bond acceptors (Lipinski definition) is 8. The summed E-state index contributed by atoms with van der Waals surface area (Å²) in [7, 11) is 0. The van der Waals surface area contributed by atoms with Crippen LogP contribution in [0.25, 0.3) is 10.8 Å². The Bertz CT molecular complexity index is 1780. The summed E-state index contributed by atoms with van der Waals surface area (Å²) in [6, 6.07) is 13.6. The number of halogens is 2. The first kappa shape index (κ1) is 30.4. The average Bonchev–Trinajstić information content (AvgIpc) is 3.62. The van der Waals surface area contributed by atoms with E-state index in [-0.39, 0.29) is 49.7 Å². The molecule has 0 aliphatic carbocycles. The van der Waals surface area contributed by atoms with Crippen LogP contribution in [-0.4, -0.2) is 75.9 Å². The number of rotatable bonds is 7. The van der Waals surface area contributed by atoms with Gasteiger partial charge >= 0.3 is 6.01 Å². The van der Waals surface area contributed by atoms with Crippen molar-refractivity contribution < 1.29 is 23.5 Å². The average molecular weight is 645 g/mol. The van der Waals surface area contributed by atoms with Crippen LogP contribution in [0.4, 0.5) is 10.2 Å². The fraction of sp³-hybridized carbons (Fsp3) is 0.441. The highest BCUT2D eigenvalue weighted by Crippen LogP contribution is 2.42. The standard InChI is InChI=1S/C34H34ClFN6O4/c1-21(36)32(44)41-16-15-40(18-23(41)10-13-37)31-25-19-45-28(24-7-2-5-22-6-3-8-26(35)30(22)24)17-27(25)38-33(39-31)46-20-34-11-4-14-42(34)29(43)9-12-34/h2-3,5-8,23,28H,1,4,9-12,14-20H2/t23-,28?,34?/m0/s1. The number of nitriles is 1. The monoisotopic (exact) mass is 644 g/mol. The Balaban J connectivity index is 1.23. The quantitative estimate of drug-likeness (QED) is 0.329. The third kappa shape index (κ3) is 5.33. The lowest BCUT2D eigenvalue weighted by atomic mass is 9.94. The molecule has 0 radical (unpaired) electrons. The number of hydrogen-bond donors (Lipinski definition) is 0. The highest BCUT2D eigenvalue weighted by molar-refractivity contribution is 6.35. The van der Waals surface area contributed by atoms with E-state index >= 15 is 0 Å². The minimum Gasteiger partial charge on any atom is -0.461 e. The lowest BCUT2D eigenvalue weighted by Crippen LogP contribution is -2.55. The summed E-state index contributed by atoms with van der Waals surface area (Å²) in [6.45, 7) is 5.25. The summed E-state index contributed by atoms with van der Waals surface area (Å²) >= 11 is 6.67. The zero-order chi connectivity index (χ0) is 32.0. The van der Waals surface area contributed by atoms with Crippen molar-refractivity contribution in [1.29, 1.82) is 5.26 Å². The van der Waals surface area contributed by atoms with E-state index in [0.29, 0.717) is 36.8 Å². The molecule has 10 nitrogen and oxygen atoms in total. The van der Waals surface area contributed by atoms with Crippen molar-refractivity contribution in [1.82, 2.24) is 19.8 Å². The predicted molar refractivity (Wildman–Crippen MR) is 169 cm³/mol. The van der Waals surface area contributed by atoms with Crippen molar-refractivity contribution in [2.75, 3.05) is 37.7 Å². The minimum atomic E-state index is -1.05. The number of amides is 2. The van der Waals surface area contributed by atoms with Crippen molar-refractivity contribution >= 4 is 40.0 Å². The molecule has 0 saturated carbocycles. The number of piperazine rings is 1. The number of fused-ring (bicyclic) bond motifs is 3. The van der Waals surface area contributed by atoms with E-state index in [4.69, 9.17) is 31.0 Å². The molecule has 7 rings (SSSR count). The van der Waals surface area contributed by atoms with Crippen LogP contribution in [0.1, 0.15) is 55.0 Å². The molecule has 3 aromatic rings. The van der Waals surface area contributed by atoms with Crippen LogP contribution in [0.3, 0.4) is 0 Å². The number of aromatic nitrogens is 2. The normalized spacial score (nSPS) is 24.1. The third-order valence-corrected chi connectivity index (χ3v) is 10.2. The van der Waals surface area contributed by atoms with E-state index in [0.717, 1.165) is 53.4 Å². The van der Waals surface area contributed by atoms with Gasteiger partial charge in [-0.1, -0.05) is 48.5 Å². The molecule has 3 saturated heterocycles. The molecule has 3 fully saturated rings. The Morgan fingerprint density at radius 2 is 2.02 bits per heavy atom. The number of ether oxygens (including phenoxy) is 2. The zero-order valence-corrected chi connectivity index (χ0v) is 26.1. The predicted octanol–water partition coefficient (Wildman–Crippen LogP) is 5.05. The van der Waals surface area contributed by atoms with E-state index in [1.54, 1.807) is 0 Å². The van der Waals surface area contributed by atoms with Crippen LogP contribution in [0.5, 0.6) is 6.01 Å². The van der Waals surface area contributed by atoms with E-state index in [9.17, 15) is 19.2 Å². The molecular formula is C34H34ClFN6O4. The Morgan fingerprint density at radius 1 is 1.20 bits per heavy atom. The van der Waals surface area contributed by atoms with Crippen molar-refractivity contribution in [3.05, 3.63) is 70.6 Å². The molecule has 46 heavy (non-hydrogen) atoms. The van der Waals surface area contributed by atoms with E-state index in [2.05, 4.69) is 12.6 Å². The van der Waals surface area contributed by atoms with Crippen molar-refractivity contribution in [3.8, 4) is 12.1 Å². The third-order valence-electron chi connectivity index (χ3n) is 9.86. The summed E-state index contributed by atoms with van der Waals surface area (Å²) in [5, 5.41) is 12.1. The highest BCUT2D eigenvalue weighted by Gasteiger charge is 2.49. The number of carbonyl (C=O) groups is 2. The molecule has 3 atom stereocenters. The fourth-order valence-electron chi connectivity index (χ4n) is 7.58. The van der Waals surface area contributed by atoms with Gasteiger partial charge in [-0.25, -0.2) is 4.39 Å². The van der Waals surface area contributed by atoms with E-state index in [1.165, 1.54) is 4.90 Å². The first-order chi connectivity index (χ1) is 22.3. The molecule has 12 heteroatoms. The number of carbonyl (C=O) groups excluding carboxylic acids is 2. The van der Waals surface area contributed by atoms with Crippen molar-refractivity contribution in [3.63, 3.8) is 0 Å². The zero-order valence-electron chi connectivity index (χ0n) is 25.4. The van der Waals surface area contributed by atoms with E-state index in [1.807, 2.05) is 46.2 Å². The SMILES string of the molecule is C=C(F)C(=O)N1CCN(c2nc(OCC34CCCN3C(=O)CC4)nc3c2COC(c2cccc4cccc(Cl)c24)C3)C[C@@H]1CC#N. The maximum atomic E-state index is 13.9. The Hall–Kier alpha value is -4.27. The Labute approximate surface area is 271 Å². The van der Waals surface area contributed by atoms with Gasteiger partial charge in [0.05, 0.1) is 42.5 Å². The van der Waals surface area contributed by atoms with Gasteiger partial charge in [0.15, 0.2) is 5.83 Å². The molecule has 2 amide bonds. The second-order valence-electron chi connectivity index (χ2n) is 12.5. The summed E-state index contributed by atoms with van der Waals surface area (Å²) < 4.78 is 26.7. The van der Waals surface area contributed by atoms with Gasteiger partial charge in [0.25, 0.3) is 5.91 Å². The molecule has 0 spiro atoms. The van der Waals surface area contributed by atoms with Gasteiger partial charge in [-0.15, -0.1) is 0 Å². The maximum Gasteiger partial charge on any atom is 0.318 e. The fourth-order valence-corrected chi connectivity index (χ4v) is 7.87. The number of anilines is 1. The summed E-state index contributed by atoms with van der Waals surface area (Å²) in [6.07, 6.45) is 3.22. The van der Waals surface area contributed by atoms with Crippen LogP contribution >= 0.6 is 11.6 Å². The Kier molecular flexibility index (Phi) is 8.03. The number of benzene rings is 2. The number of nitrogens with zero attached hydrogens (tertiary/aromatic N) is 6. The first-order valence-electron chi connectivity index (χ1n) is 15.7. The first-order valence-corrected chi connectivity index (χ1v) is 16.0. The second-order valence-corrected chi connectivity index (χ2v) is 12.9. The van der Waals surface area contributed by atoms with Gasteiger partial charge in [-0.2, -0.15) is 15.2 Å². The molecule has 238 valence electrons. The van der Waals surface area contributed by atoms with Crippen LogP contribution in [0.15, 0.2) is 48.8 Å². The lowest BCUT2D eigenvalue weighted by molar-refractivity contribution is -0.131. The summed E-state index contributed by atoms with van der Waals surface area (Å²) in [5.41, 5.74) is 2.20. The smallest absolute Gasteiger partial charge is 0.318 e. The van der Waals surface area contributed by atoms with E-state index < -0.39 is 17.8 Å². The largest absolute Gasteiger partial charge is 0.461 e. The molecular weight excluding hydrogens is 611 g/mol. The van der Waals surface area contributed by atoms with Crippen LogP contribution < -0.4 is 9.64 Å². The molecule has 1 aromatic heterocycles. The Morgan fingerprint density at radius 3 is 2.83 bits per heavy atom. The van der Waals surface area contributed by atoms with Gasteiger partial charge in [0, 0.05) is 55.0 Å². The topological polar surface area (TPSA) is 112 Å². The molecule has 0 N–H and O–H groups in total. The van der Waals surface area contributed by atoms with Gasteiger partial charge < -0.3 is 24.2 Å². The minimum absolute atomic E-state index is 0.0267. The molecule has 4 aliphatic heterocycles. The van der Waals surface area contributed by atoms with Gasteiger partial charge in [0.1, 0.15) is 12.4 Å². The summed E-state index contributed by atoms with van der Waals surface area (Å²) in [4.78, 5) is 40.2. The molecule has 0 bridgehead atoms. The van der Waals surface area contributed by atoms with Gasteiger partial charge in [0.2, 0.25) is 5.91 Å². The van der Waals surface area contributed by atoms with Gasteiger partial charge in [-0.3, -0.25) is 9.59 Å².